The molecule has 1 unspecified atom stereocenters. The Bertz CT molecular complexity index is 433. The third kappa shape index (κ3) is 3.32. The molecule has 0 saturated carbocycles. The van der Waals surface area contributed by atoms with Crippen LogP contribution in [0.25, 0.3) is 0 Å². The van der Waals surface area contributed by atoms with Gasteiger partial charge in [-0.25, -0.2) is 8.42 Å². The van der Waals surface area contributed by atoms with Gasteiger partial charge in [-0.2, -0.15) is 0 Å². The predicted molar refractivity (Wildman–Crippen MR) is 65.9 cm³/mol. The van der Waals surface area contributed by atoms with Crippen molar-refractivity contribution in [1.82, 2.24) is 0 Å². The molecule has 1 atom stereocenters. The molecule has 1 rings (SSSR count). The zero-order valence-corrected chi connectivity index (χ0v) is 10.8. The molecule has 0 fully saturated rings. The van der Waals surface area contributed by atoms with Crippen molar-refractivity contribution in [3.63, 3.8) is 0 Å². The molecule has 0 amide bonds. The molecular weight excluding hydrogens is 222 g/mol. The van der Waals surface area contributed by atoms with Crippen molar-refractivity contribution in [2.24, 2.45) is 11.7 Å². The van der Waals surface area contributed by atoms with Gasteiger partial charge in [-0.1, -0.05) is 26.0 Å². The lowest BCUT2D eigenvalue weighted by Gasteiger charge is -2.09. The molecule has 0 bridgehead atoms. The first kappa shape index (κ1) is 13.2. The molecule has 0 heterocycles. The van der Waals surface area contributed by atoms with Crippen LogP contribution >= 0.6 is 0 Å². The Hall–Kier alpha value is -0.870. The summed E-state index contributed by atoms with van der Waals surface area (Å²) in [6, 6.07) is 6.75. The average Bonchev–Trinajstić information content (AvgIpc) is 2.16. The maximum atomic E-state index is 11.9. The maximum Gasteiger partial charge on any atom is 0.178 e. The summed E-state index contributed by atoms with van der Waals surface area (Å²) in [5, 5.41) is 0. The van der Waals surface area contributed by atoms with Crippen molar-refractivity contribution in [3.8, 4) is 0 Å². The second kappa shape index (κ2) is 4.97. The fraction of sp³-hybridized carbons (Fsp3) is 0.500. The predicted octanol–water partition coefficient (Wildman–Crippen LogP) is 2.14. The Morgan fingerprint density at radius 1 is 1.12 bits per heavy atom. The summed E-state index contributed by atoms with van der Waals surface area (Å²) >= 11 is 0. The van der Waals surface area contributed by atoms with E-state index in [1.54, 1.807) is 24.3 Å². The third-order valence-electron chi connectivity index (χ3n) is 2.32. The number of rotatable bonds is 4. The zero-order valence-electron chi connectivity index (χ0n) is 9.97. The first-order valence-corrected chi connectivity index (χ1v) is 7.06. The first-order valence-electron chi connectivity index (χ1n) is 5.41. The van der Waals surface area contributed by atoms with Gasteiger partial charge >= 0.3 is 0 Å². The van der Waals surface area contributed by atoms with Crippen molar-refractivity contribution in [1.29, 1.82) is 0 Å². The highest BCUT2D eigenvalue weighted by atomic mass is 32.2. The summed E-state index contributed by atoms with van der Waals surface area (Å²) in [6.07, 6.45) is 0. The fourth-order valence-electron chi connectivity index (χ4n) is 1.51. The van der Waals surface area contributed by atoms with Crippen LogP contribution in [0.4, 0.5) is 0 Å². The molecule has 0 spiro atoms. The normalized spacial score (nSPS) is 14.1. The van der Waals surface area contributed by atoms with E-state index in [4.69, 9.17) is 5.73 Å². The molecule has 0 saturated heterocycles. The second-order valence-electron chi connectivity index (χ2n) is 4.53. The minimum Gasteiger partial charge on any atom is -0.324 e. The van der Waals surface area contributed by atoms with E-state index in [-0.39, 0.29) is 17.7 Å². The highest BCUT2D eigenvalue weighted by molar-refractivity contribution is 7.91. The summed E-state index contributed by atoms with van der Waals surface area (Å²) in [7, 11) is -3.14. The van der Waals surface area contributed by atoms with Gasteiger partial charge < -0.3 is 5.73 Å². The molecule has 4 heteroatoms. The van der Waals surface area contributed by atoms with Crippen LogP contribution in [0.1, 0.15) is 32.4 Å². The summed E-state index contributed by atoms with van der Waals surface area (Å²) in [6.45, 7) is 5.67. The highest BCUT2D eigenvalue weighted by Crippen LogP contribution is 2.17. The fourth-order valence-corrected chi connectivity index (χ4v) is 3.13. The van der Waals surface area contributed by atoms with Crippen LogP contribution in [0.15, 0.2) is 29.2 Å². The number of benzene rings is 1. The van der Waals surface area contributed by atoms with Gasteiger partial charge in [0.05, 0.1) is 10.6 Å². The van der Waals surface area contributed by atoms with E-state index in [1.165, 1.54) is 0 Å². The number of nitrogens with two attached hydrogens (primary N) is 1. The van der Waals surface area contributed by atoms with Gasteiger partial charge in [0.15, 0.2) is 9.84 Å². The van der Waals surface area contributed by atoms with Gasteiger partial charge in [0, 0.05) is 6.04 Å². The summed E-state index contributed by atoms with van der Waals surface area (Å²) in [5.41, 5.74) is 6.65. The van der Waals surface area contributed by atoms with Crippen LogP contribution in [0.5, 0.6) is 0 Å². The number of hydrogen-bond donors (Lipinski definition) is 1. The Labute approximate surface area is 97.6 Å². The monoisotopic (exact) mass is 241 g/mol. The summed E-state index contributed by atoms with van der Waals surface area (Å²) in [5.74, 6) is 0.322. The van der Waals surface area contributed by atoms with Gasteiger partial charge in [0.1, 0.15) is 0 Å². The standard InChI is InChI=1S/C12H19NO2S/c1-9(2)8-16(14,15)12-6-4-11(5-7-12)10(3)13/h4-7,9-10H,8,13H2,1-3H3. The van der Waals surface area contributed by atoms with Gasteiger partial charge in [-0.15, -0.1) is 0 Å². The molecule has 0 radical (unpaired) electrons. The summed E-state index contributed by atoms with van der Waals surface area (Å²) in [4.78, 5) is 0.380. The maximum absolute atomic E-state index is 11.9. The minimum atomic E-state index is -3.14. The van der Waals surface area contributed by atoms with E-state index in [0.717, 1.165) is 5.56 Å². The largest absolute Gasteiger partial charge is 0.324 e. The van der Waals surface area contributed by atoms with Gasteiger partial charge in [-0.3, -0.25) is 0 Å². The summed E-state index contributed by atoms with van der Waals surface area (Å²) < 4.78 is 23.8. The van der Waals surface area contributed by atoms with E-state index >= 15 is 0 Å². The lowest BCUT2D eigenvalue weighted by molar-refractivity contribution is 0.582. The molecule has 1 aromatic carbocycles. The van der Waals surface area contributed by atoms with Crippen LogP contribution in [0.2, 0.25) is 0 Å². The molecule has 2 N–H and O–H groups in total. The smallest absolute Gasteiger partial charge is 0.178 e. The lowest BCUT2D eigenvalue weighted by Crippen LogP contribution is -2.12. The number of sulfone groups is 1. The quantitative estimate of drug-likeness (QED) is 0.878. The Kier molecular flexibility index (Phi) is 4.10. The van der Waals surface area contributed by atoms with E-state index in [9.17, 15) is 8.42 Å². The molecule has 90 valence electrons. The second-order valence-corrected chi connectivity index (χ2v) is 6.57. The molecule has 0 aliphatic heterocycles. The first-order chi connectivity index (χ1) is 7.33. The van der Waals surface area contributed by atoms with Crippen LogP contribution in [0, 0.1) is 5.92 Å². The van der Waals surface area contributed by atoms with Crippen molar-refractivity contribution in [2.45, 2.75) is 31.7 Å². The van der Waals surface area contributed by atoms with Gasteiger partial charge in [0.2, 0.25) is 0 Å². The molecule has 1 aromatic rings. The van der Waals surface area contributed by atoms with Crippen LogP contribution < -0.4 is 5.73 Å². The molecule has 0 aromatic heterocycles. The van der Waals surface area contributed by atoms with E-state index in [1.807, 2.05) is 20.8 Å². The van der Waals surface area contributed by atoms with Crippen molar-refractivity contribution in [3.05, 3.63) is 29.8 Å². The molecule has 0 aliphatic rings. The van der Waals surface area contributed by atoms with E-state index in [0.29, 0.717) is 4.90 Å². The topological polar surface area (TPSA) is 60.2 Å². The molecule has 0 aliphatic carbocycles. The zero-order chi connectivity index (χ0) is 12.3. The molecular formula is C12H19NO2S. The molecule has 3 nitrogen and oxygen atoms in total. The highest BCUT2D eigenvalue weighted by Gasteiger charge is 2.16. The van der Waals surface area contributed by atoms with Crippen molar-refractivity contribution in [2.75, 3.05) is 5.75 Å². The van der Waals surface area contributed by atoms with Crippen LogP contribution in [-0.2, 0) is 9.84 Å². The third-order valence-corrected chi connectivity index (χ3v) is 4.41. The lowest BCUT2D eigenvalue weighted by atomic mass is 10.1. The van der Waals surface area contributed by atoms with E-state index in [2.05, 4.69) is 0 Å². The van der Waals surface area contributed by atoms with Crippen molar-refractivity contribution < 1.29 is 8.42 Å². The van der Waals surface area contributed by atoms with Gasteiger partial charge in [-0.05, 0) is 30.5 Å². The SMILES string of the molecule is CC(C)CS(=O)(=O)c1ccc(C(C)N)cc1. The molecule has 16 heavy (non-hydrogen) atoms. The van der Waals surface area contributed by atoms with Crippen LogP contribution in [-0.4, -0.2) is 14.2 Å². The number of hydrogen-bond acceptors (Lipinski definition) is 3. The minimum absolute atomic E-state index is 0.0677. The van der Waals surface area contributed by atoms with Crippen molar-refractivity contribution >= 4 is 9.84 Å². The average molecular weight is 241 g/mol. The van der Waals surface area contributed by atoms with Crippen LogP contribution in [0.3, 0.4) is 0 Å². The Morgan fingerprint density at radius 2 is 1.62 bits per heavy atom. The van der Waals surface area contributed by atoms with Gasteiger partial charge in [0.25, 0.3) is 0 Å². The Balaban J connectivity index is 2.98. The Morgan fingerprint density at radius 3 is 2.00 bits per heavy atom. The van der Waals surface area contributed by atoms with E-state index < -0.39 is 9.84 Å².